The summed E-state index contributed by atoms with van der Waals surface area (Å²) in [5.74, 6) is -0.923. The van der Waals surface area contributed by atoms with Gasteiger partial charge in [-0.15, -0.1) is 10.2 Å². The fourth-order valence-electron chi connectivity index (χ4n) is 2.67. The molecule has 158 valence electrons. The molecule has 0 aliphatic heterocycles. The number of halogens is 1. The molecular formula is C17H12ClN3Na2O7S2. The van der Waals surface area contributed by atoms with Crippen molar-refractivity contribution in [1.82, 2.24) is 0 Å². The quantitative estimate of drug-likeness (QED) is 0.159. The first-order valence-corrected chi connectivity index (χ1v) is 11.2. The number of aryl methyl sites for hydroxylation is 1. The van der Waals surface area contributed by atoms with Crippen LogP contribution in [0.4, 0.5) is 17.1 Å². The Kier molecular flexibility index (Phi) is 9.75. The van der Waals surface area contributed by atoms with E-state index in [9.17, 15) is 31.0 Å². The molecule has 0 spiro atoms. The molecule has 0 aliphatic carbocycles. The van der Waals surface area contributed by atoms with E-state index in [0.29, 0.717) is 5.56 Å². The van der Waals surface area contributed by atoms with Crippen LogP contribution >= 0.6 is 11.6 Å². The summed E-state index contributed by atoms with van der Waals surface area (Å²) in [6.45, 7) is 1.50. The van der Waals surface area contributed by atoms with Crippen molar-refractivity contribution < 1.29 is 90.2 Å². The Morgan fingerprint density at radius 3 is 2.19 bits per heavy atom. The summed E-state index contributed by atoms with van der Waals surface area (Å²) in [4.78, 5) is -1.65. The van der Waals surface area contributed by atoms with E-state index in [1.807, 2.05) is 0 Å². The molecule has 0 radical (unpaired) electrons. The molecule has 3 N–H and O–H groups in total. The summed E-state index contributed by atoms with van der Waals surface area (Å²) in [5.41, 5.74) is 4.98. The molecule has 0 atom stereocenters. The molecule has 0 saturated heterocycles. The summed E-state index contributed by atoms with van der Waals surface area (Å²) in [5, 5.41) is 20.1. The number of hydrogen-bond acceptors (Lipinski definition) is 9. The van der Waals surface area contributed by atoms with E-state index in [1.54, 1.807) is 0 Å². The normalized spacial score (nSPS) is 11.9. The molecule has 0 bridgehead atoms. The molecule has 10 nitrogen and oxygen atoms in total. The van der Waals surface area contributed by atoms with E-state index in [0.717, 1.165) is 18.2 Å². The Balaban J connectivity index is 0.00000256. The number of nitrogen functional groups attached to an aromatic ring is 1. The average molecular weight is 516 g/mol. The molecule has 0 aliphatic rings. The van der Waals surface area contributed by atoms with Crippen LogP contribution in [0.2, 0.25) is 5.02 Å². The number of fused-ring (bicyclic) bond motifs is 1. The van der Waals surface area contributed by atoms with Crippen LogP contribution in [0.5, 0.6) is 5.75 Å². The summed E-state index contributed by atoms with van der Waals surface area (Å²) in [6, 6.07) is 7.09. The van der Waals surface area contributed by atoms with Crippen LogP contribution in [0.25, 0.3) is 10.8 Å². The SMILES string of the molecule is Cc1cc(N=Nc2c(S(=O)(=O)O)cc3ccc(N)cc3c2[O-])c(S(=O)(=O)[O-])cc1Cl.[Na+].[Na+]. The van der Waals surface area contributed by atoms with Crippen molar-refractivity contribution in [1.29, 1.82) is 0 Å². The number of hydrogen-bond donors (Lipinski definition) is 2. The first-order valence-electron chi connectivity index (χ1n) is 7.97. The topological polar surface area (TPSA) is 185 Å². The second-order valence-electron chi connectivity index (χ2n) is 6.23. The zero-order valence-corrected chi connectivity index (χ0v) is 23.4. The van der Waals surface area contributed by atoms with Gasteiger partial charge in [-0.3, -0.25) is 4.55 Å². The van der Waals surface area contributed by atoms with Crippen LogP contribution < -0.4 is 70.0 Å². The van der Waals surface area contributed by atoms with Gasteiger partial charge in [-0.1, -0.05) is 23.4 Å². The van der Waals surface area contributed by atoms with Crippen molar-refractivity contribution in [2.45, 2.75) is 16.7 Å². The van der Waals surface area contributed by atoms with Crippen molar-refractivity contribution in [2.75, 3.05) is 5.73 Å². The molecule has 0 heterocycles. The Hall–Kier alpha value is -0.770. The fourth-order valence-corrected chi connectivity index (χ4v) is 4.17. The zero-order chi connectivity index (χ0) is 22.4. The number of benzene rings is 3. The third-order valence-corrected chi connectivity index (χ3v) is 6.24. The number of nitrogens with two attached hydrogens (primary N) is 1. The van der Waals surface area contributed by atoms with Crippen molar-refractivity contribution in [3.8, 4) is 5.75 Å². The van der Waals surface area contributed by atoms with Crippen molar-refractivity contribution in [2.24, 2.45) is 10.2 Å². The summed E-state index contributed by atoms with van der Waals surface area (Å²) < 4.78 is 67.6. The smallest absolute Gasteiger partial charge is 0.871 e. The molecular weight excluding hydrogens is 504 g/mol. The fraction of sp³-hybridized carbons (Fsp3) is 0.0588. The van der Waals surface area contributed by atoms with Gasteiger partial charge in [0, 0.05) is 10.7 Å². The minimum Gasteiger partial charge on any atom is -0.871 e. The Labute approximate surface area is 233 Å². The van der Waals surface area contributed by atoms with E-state index >= 15 is 0 Å². The molecule has 0 aromatic heterocycles. The number of anilines is 1. The monoisotopic (exact) mass is 515 g/mol. The van der Waals surface area contributed by atoms with Crippen LogP contribution in [0.3, 0.4) is 0 Å². The van der Waals surface area contributed by atoms with Crippen LogP contribution in [0.15, 0.2) is 56.4 Å². The van der Waals surface area contributed by atoms with Gasteiger partial charge in [-0.05, 0) is 53.6 Å². The summed E-state index contributed by atoms with van der Waals surface area (Å²) in [7, 11) is -9.92. The first-order chi connectivity index (χ1) is 13.8. The molecule has 0 unspecified atom stereocenters. The van der Waals surface area contributed by atoms with Crippen molar-refractivity contribution in [3.63, 3.8) is 0 Å². The molecule has 0 fully saturated rings. The minimum atomic E-state index is -5.02. The second kappa shape index (κ2) is 10.7. The van der Waals surface area contributed by atoms with Gasteiger partial charge in [-0.2, -0.15) is 8.42 Å². The van der Waals surface area contributed by atoms with Crippen LogP contribution in [-0.4, -0.2) is 25.9 Å². The van der Waals surface area contributed by atoms with Gasteiger partial charge in [0.2, 0.25) is 0 Å². The second-order valence-corrected chi connectivity index (χ2v) is 9.38. The number of azo groups is 1. The van der Waals surface area contributed by atoms with Gasteiger partial charge in [-0.25, -0.2) is 8.42 Å². The maximum absolute atomic E-state index is 12.8. The van der Waals surface area contributed by atoms with E-state index < -0.39 is 47.2 Å². The molecule has 32 heavy (non-hydrogen) atoms. The summed E-state index contributed by atoms with van der Waals surface area (Å²) in [6.07, 6.45) is 0. The van der Waals surface area contributed by atoms with Crippen LogP contribution in [0.1, 0.15) is 5.56 Å². The third kappa shape index (κ3) is 6.21. The van der Waals surface area contributed by atoms with E-state index in [-0.39, 0.29) is 80.6 Å². The number of rotatable bonds is 4. The molecule has 3 rings (SSSR count). The molecule has 15 heteroatoms. The minimum absolute atomic E-state index is 0. The van der Waals surface area contributed by atoms with Gasteiger partial charge in [0.15, 0.2) is 0 Å². The largest absolute Gasteiger partial charge is 1.00 e. The molecule has 3 aromatic carbocycles. The van der Waals surface area contributed by atoms with E-state index in [1.165, 1.54) is 25.1 Å². The Bertz CT molecular complexity index is 1450. The average Bonchev–Trinajstić information content (AvgIpc) is 2.62. The van der Waals surface area contributed by atoms with E-state index in [4.69, 9.17) is 17.3 Å². The van der Waals surface area contributed by atoms with Crippen molar-refractivity contribution in [3.05, 3.63) is 47.0 Å². The first kappa shape index (κ1) is 29.3. The maximum Gasteiger partial charge on any atom is 1.00 e. The third-order valence-electron chi connectivity index (χ3n) is 4.10. The van der Waals surface area contributed by atoms with Gasteiger partial charge in [0.05, 0.1) is 10.6 Å². The Morgan fingerprint density at radius 2 is 1.62 bits per heavy atom. The molecule has 0 saturated carbocycles. The van der Waals surface area contributed by atoms with Crippen molar-refractivity contribution >= 4 is 59.7 Å². The zero-order valence-electron chi connectivity index (χ0n) is 17.0. The molecule has 0 amide bonds. The van der Waals surface area contributed by atoms with Gasteiger partial charge in [0.25, 0.3) is 10.1 Å². The summed E-state index contributed by atoms with van der Waals surface area (Å²) >= 11 is 5.85. The van der Waals surface area contributed by atoms with Gasteiger partial charge >= 0.3 is 59.1 Å². The van der Waals surface area contributed by atoms with Crippen LogP contribution in [-0.2, 0) is 20.2 Å². The number of nitrogens with zero attached hydrogens (tertiary/aromatic N) is 2. The maximum atomic E-state index is 12.8. The predicted octanol–water partition coefficient (Wildman–Crippen LogP) is -2.97. The molecule has 3 aromatic rings. The Morgan fingerprint density at radius 1 is 1.00 bits per heavy atom. The van der Waals surface area contributed by atoms with E-state index in [2.05, 4.69) is 10.2 Å². The van der Waals surface area contributed by atoms with Crippen LogP contribution in [0, 0.1) is 6.92 Å². The van der Waals surface area contributed by atoms with Gasteiger partial charge < -0.3 is 15.4 Å². The predicted molar refractivity (Wildman–Crippen MR) is 106 cm³/mol. The standard InChI is InChI=1S/C17H14ClN3O7S2.2Na/c1-8-4-13(14(7-12(8)18)29(23,24)25)20-21-16-15(30(26,27)28)5-9-2-3-10(19)6-11(9)17(16)22;;/h2-7,22H,19H2,1H3,(H,23,24,25)(H,26,27,28);;/q;2*+1/p-2. The van der Waals surface area contributed by atoms with Gasteiger partial charge in [0.1, 0.15) is 20.7 Å².